The van der Waals surface area contributed by atoms with Crippen LogP contribution >= 0.6 is 0 Å². The lowest BCUT2D eigenvalue weighted by Crippen LogP contribution is -2.42. The molecule has 2 heterocycles. The van der Waals surface area contributed by atoms with E-state index < -0.39 is 0 Å². The van der Waals surface area contributed by atoms with Crippen LogP contribution in [-0.2, 0) is 28.9 Å². The van der Waals surface area contributed by atoms with Gasteiger partial charge in [-0.05, 0) is 83.0 Å². The third kappa shape index (κ3) is 5.37. The van der Waals surface area contributed by atoms with E-state index in [0.717, 1.165) is 50.9 Å². The first kappa shape index (κ1) is 19.0. The Labute approximate surface area is 156 Å². The van der Waals surface area contributed by atoms with Crippen LogP contribution < -0.4 is 5.32 Å². The summed E-state index contributed by atoms with van der Waals surface area (Å²) in [6, 6.07) is 4.39. The number of fused-ring (bicyclic) bond motifs is 1. The van der Waals surface area contributed by atoms with E-state index >= 15 is 0 Å². The molecule has 26 heavy (non-hydrogen) atoms. The molecule has 142 valence electrons. The van der Waals surface area contributed by atoms with Crippen LogP contribution in [-0.4, -0.2) is 47.8 Å². The van der Waals surface area contributed by atoms with Crippen molar-refractivity contribution < 1.29 is 9.59 Å². The molecule has 5 nitrogen and oxygen atoms in total. The second-order valence-corrected chi connectivity index (χ2v) is 7.76. The van der Waals surface area contributed by atoms with Crippen molar-refractivity contribution in [1.29, 1.82) is 0 Å². The Kier molecular flexibility index (Phi) is 6.78. The van der Waals surface area contributed by atoms with Crippen molar-refractivity contribution in [3.63, 3.8) is 0 Å². The van der Waals surface area contributed by atoms with Crippen LogP contribution in [0.3, 0.4) is 0 Å². The monoisotopic (exact) mass is 357 g/mol. The Morgan fingerprint density at radius 3 is 2.73 bits per heavy atom. The van der Waals surface area contributed by atoms with Gasteiger partial charge in [-0.3, -0.25) is 19.5 Å². The molecule has 1 aromatic heterocycles. The molecule has 0 atom stereocenters. The quantitative estimate of drug-likeness (QED) is 0.761. The Morgan fingerprint density at radius 1 is 1.19 bits per heavy atom. The molecule has 5 heteroatoms. The van der Waals surface area contributed by atoms with E-state index in [4.69, 9.17) is 4.98 Å². The predicted molar refractivity (Wildman–Crippen MR) is 102 cm³/mol. The van der Waals surface area contributed by atoms with Gasteiger partial charge in [0.05, 0.1) is 6.54 Å². The zero-order valence-corrected chi connectivity index (χ0v) is 15.9. The molecule has 0 radical (unpaired) electrons. The number of aromatic nitrogens is 1. The summed E-state index contributed by atoms with van der Waals surface area (Å²) in [6.45, 7) is 4.54. The number of hydrogen-bond acceptors (Lipinski definition) is 4. The number of carbonyl (C=O) groups excluding carboxylic acids is 2. The van der Waals surface area contributed by atoms with Crippen LogP contribution in [0, 0.1) is 5.92 Å². The Hall–Kier alpha value is -1.75. The lowest BCUT2D eigenvalue weighted by Gasteiger charge is -2.30. The summed E-state index contributed by atoms with van der Waals surface area (Å²) in [6.07, 6.45) is 8.38. The first-order valence-corrected chi connectivity index (χ1v) is 10.1. The highest BCUT2D eigenvalue weighted by atomic mass is 16.2. The van der Waals surface area contributed by atoms with Crippen molar-refractivity contribution in [2.24, 2.45) is 5.92 Å². The average molecular weight is 357 g/mol. The number of rotatable bonds is 7. The Morgan fingerprint density at radius 2 is 1.96 bits per heavy atom. The van der Waals surface area contributed by atoms with E-state index in [1.807, 2.05) is 0 Å². The molecule has 1 aliphatic heterocycles. The number of nitrogens with one attached hydrogen (secondary N) is 1. The van der Waals surface area contributed by atoms with E-state index in [-0.39, 0.29) is 17.6 Å². The zero-order valence-electron chi connectivity index (χ0n) is 15.9. The van der Waals surface area contributed by atoms with Gasteiger partial charge in [-0.1, -0.05) is 6.07 Å². The minimum absolute atomic E-state index is 0.0973. The van der Waals surface area contributed by atoms with Crippen molar-refractivity contribution >= 4 is 11.7 Å². The summed E-state index contributed by atoms with van der Waals surface area (Å²) < 4.78 is 0. The van der Waals surface area contributed by atoms with E-state index in [1.165, 1.54) is 30.5 Å². The lowest BCUT2D eigenvalue weighted by molar-refractivity contribution is -0.126. The number of ketones is 1. The highest BCUT2D eigenvalue weighted by molar-refractivity contribution is 5.79. The normalized spacial score (nSPS) is 18.3. The molecular weight excluding hydrogens is 326 g/mol. The maximum Gasteiger partial charge on any atom is 0.223 e. The number of nitrogens with zero attached hydrogens (tertiary/aromatic N) is 2. The van der Waals surface area contributed by atoms with Crippen molar-refractivity contribution in [3.05, 3.63) is 29.1 Å². The summed E-state index contributed by atoms with van der Waals surface area (Å²) in [7, 11) is 0. The van der Waals surface area contributed by atoms with Crippen LogP contribution in [0.4, 0.5) is 0 Å². The van der Waals surface area contributed by atoms with E-state index in [1.54, 1.807) is 6.92 Å². The summed E-state index contributed by atoms with van der Waals surface area (Å²) in [5.74, 6) is 0.467. The van der Waals surface area contributed by atoms with Gasteiger partial charge >= 0.3 is 0 Å². The van der Waals surface area contributed by atoms with Crippen LogP contribution in [0.1, 0.15) is 56.0 Å². The molecular formula is C21H31N3O2. The van der Waals surface area contributed by atoms with Crippen molar-refractivity contribution in [1.82, 2.24) is 15.2 Å². The average Bonchev–Trinajstić information content (AvgIpc) is 2.65. The summed E-state index contributed by atoms with van der Waals surface area (Å²) in [5.41, 5.74) is 3.86. The van der Waals surface area contributed by atoms with Gasteiger partial charge in [0.25, 0.3) is 0 Å². The summed E-state index contributed by atoms with van der Waals surface area (Å²) in [4.78, 5) is 30.4. The summed E-state index contributed by atoms with van der Waals surface area (Å²) in [5, 5.41) is 3.09. The third-order valence-corrected chi connectivity index (χ3v) is 5.55. The second kappa shape index (κ2) is 9.26. The number of aryl methyl sites for hydroxylation is 3. The number of likely N-dealkylation sites (tertiary alicyclic amines) is 1. The first-order chi connectivity index (χ1) is 12.6. The van der Waals surface area contributed by atoms with Crippen LogP contribution in [0.2, 0.25) is 0 Å². The van der Waals surface area contributed by atoms with Crippen LogP contribution in [0.5, 0.6) is 0 Å². The molecule has 0 saturated carbocycles. The smallest absolute Gasteiger partial charge is 0.223 e. The van der Waals surface area contributed by atoms with E-state index in [2.05, 4.69) is 22.3 Å². The second-order valence-electron chi connectivity index (χ2n) is 7.76. The molecule has 1 aliphatic carbocycles. The minimum atomic E-state index is 0.0973. The maximum absolute atomic E-state index is 12.3. The summed E-state index contributed by atoms with van der Waals surface area (Å²) >= 11 is 0. The minimum Gasteiger partial charge on any atom is -0.356 e. The fourth-order valence-corrected chi connectivity index (χ4v) is 4.06. The molecule has 1 N–H and O–H groups in total. The lowest BCUT2D eigenvalue weighted by atomic mass is 9.95. The number of amides is 1. The molecule has 0 spiro atoms. The first-order valence-electron chi connectivity index (χ1n) is 10.1. The van der Waals surface area contributed by atoms with Crippen LogP contribution in [0.15, 0.2) is 12.1 Å². The molecule has 1 fully saturated rings. The van der Waals surface area contributed by atoms with Crippen molar-refractivity contribution in [2.75, 3.05) is 26.2 Å². The van der Waals surface area contributed by atoms with Crippen molar-refractivity contribution in [3.8, 4) is 0 Å². The standard InChI is InChI=1S/C21H31N3O2/c1-16(25)15-24-13-10-18(11-14-24)21(26)22-12-4-6-19-9-8-17-5-2-3-7-20(17)23-19/h8-9,18H,2-7,10-15H2,1H3,(H,22,26). The SMILES string of the molecule is CC(=O)CN1CCC(C(=O)NCCCc2ccc3c(n2)CCCC3)CC1. The molecule has 3 rings (SSSR count). The topological polar surface area (TPSA) is 62.3 Å². The molecule has 2 aliphatic rings. The van der Waals surface area contributed by atoms with Gasteiger partial charge in [-0.25, -0.2) is 0 Å². The number of pyridine rings is 1. The molecule has 0 aromatic carbocycles. The highest BCUT2D eigenvalue weighted by Gasteiger charge is 2.25. The van der Waals surface area contributed by atoms with Crippen molar-refractivity contribution in [2.45, 2.75) is 58.3 Å². The fourth-order valence-electron chi connectivity index (χ4n) is 4.06. The number of hydrogen-bond donors (Lipinski definition) is 1. The largest absolute Gasteiger partial charge is 0.356 e. The number of carbonyl (C=O) groups is 2. The van der Waals surface area contributed by atoms with Gasteiger partial charge in [0.15, 0.2) is 0 Å². The third-order valence-electron chi connectivity index (χ3n) is 5.55. The van der Waals surface area contributed by atoms with E-state index in [9.17, 15) is 9.59 Å². The zero-order chi connectivity index (χ0) is 18.4. The molecule has 1 saturated heterocycles. The van der Waals surface area contributed by atoms with Gasteiger partial charge in [0.1, 0.15) is 5.78 Å². The number of piperidine rings is 1. The highest BCUT2D eigenvalue weighted by Crippen LogP contribution is 2.20. The Bertz CT molecular complexity index is 636. The molecule has 1 aromatic rings. The molecule has 0 unspecified atom stereocenters. The molecule has 1 amide bonds. The Balaban J connectivity index is 1.35. The van der Waals surface area contributed by atoms with Gasteiger partial charge < -0.3 is 5.32 Å². The maximum atomic E-state index is 12.3. The van der Waals surface area contributed by atoms with Gasteiger partial charge in [0, 0.05) is 23.9 Å². The van der Waals surface area contributed by atoms with Gasteiger partial charge in [-0.2, -0.15) is 0 Å². The van der Waals surface area contributed by atoms with Gasteiger partial charge in [0.2, 0.25) is 5.91 Å². The number of Topliss-reactive ketones (excluding diaryl/α,β-unsaturated/α-hetero) is 1. The van der Waals surface area contributed by atoms with E-state index in [0.29, 0.717) is 13.1 Å². The van der Waals surface area contributed by atoms with Gasteiger partial charge in [-0.15, -0.1) is 0 Å². The molecule has 0 bridgehead atoms. The van der Waals surface area contributed by atoms with Crippen LogP contribution in [0.25, 0.3) is 0 Å². The fraction of sp³-hybridized carbons (Fsp3) is 0.667. The predicted octanol–water partition coefficient (Wildman–Crippen LogP) is 2.31.